The summed E-state index contributed by atoms with van der Waals surface area (Å²) < 4.78 is 6.84. The third-order valence-corrected chi connectivity index (χ3v) is 4.84. The number of aromatic nitrogens is 1. The summed E-state index contributed by atoms with van der Waals surface area (Å²) in [5, 5.41) is 4.41. The van der Waals surface area contributed by atoms with Gasteiger partial charge in [0.2, 0.25) is 0 Å². The number of ether oxygens (including phenoxy) is 1. The van der Waals surface area contributed by atoms with Crippen molar-refractivity contribution in [3.05, 3.63) is 43.8 Å². The van der Waals surface area contributed by atoms with Crippen molar-refractivity contribution in [2.24, 2.45) is 0 Å². The first-order valence-corrected chi connectivity index (χ1v) is 8.76. The molecular formula is C16H21BrN2OS. The van der Waals surface area contributed by atoms with E-state index in [2.05, 4.69) is 52.2 Å². The monoisotopic (exact) mass is 368 g/mol. The smallest absolute Gasteiger partial charge is 0.140 e. The maximum Gasteiger partial charge on any atom is 0.140 e. The molecule has 0 spiro atoms. The molecule has 2 rings (SSSR count). The van der Waals surface area contributed by atoms with Crippen molar-refractivity contribution in [3.8, 4) is 5.75 Å². The first-order valence-electron chi connectivity index (χ1n) is 7.15. The van der Waals surface area contributed by atoms with E-state index in [0.717, 1.165) is 40.4 Å². The molecule has 0 fully saturated rings. The molecule has 1 N–H and O–H groups in total. The van der Waals surface area contributed by atoms with Gasteiger partial charge in [0.25, 0.3) is 0 Å². The van der Waals surface area contributed by atoms with E-state index in [1.54, 1.807) is 11.3 Å². The average molecular weight is 369 g/mol. The second-order valence-electron chi connectivity index (χ2n) is 4.98. The molecule has 0 atom stereocenters. The summed E-state index contributed by atoms with van der Waals surface area (Å²) in [6, 6.07) is 6.22. The van der Waals surface area contributed by atoms with Gasteiger partial charge in [-0.15, -0.1) is 11.3 Å². The standard InChI is InChI=1S/C16H21BrN2OS/c1-4-7-18-9-13-5-6-15(14(17)8-13)20-10-16-19-11(2)12(3)21-16/h5-6,8,18H,4,7,9-10H2,1-3H3. The highest BCUT2D eigenvalue weighted by atomic mass is 79.9. The number of benzene rings is 1. The Labute approximate surface area is 138 Å². The van der Waals surface area contributed by atoms with E-state index in [-0.39, 0.29) is 0 Å². The lowest BCUT2D eigenvalue weighted by molar-refractivity contribution is 0.303. The Hall–Kier alpha value is -0.910. The zero-order valence-electron chi connectivity index (χ0n) is 12.7. The lowest BCUT2D eigenvalue weighted by Gasteiger charge is -2.09. The number of rotatable bonds is 7. The minimum atomic E-state index is 0.519. The second-order valence-corrected chi connectivity index (χ2v) is 7.12. The minimum Gasteiger partial charge on any atom is -0.485 e. The van der Waals surface area contributed by atoms with E-state index in [0.29, 0.717) is 6.61 Å². The zero-order chi connectivity index (χ0) is 15.2. The van der Waals surface area contributed by atoms with Gasteiger partial charge < -0.3 is 10.1 Å². The van der Waals surface area contributed by atoms with Crippen LogP contribution >= 0.6 is 27.3 Å². The number of nitrogens with one attached hydrogen (secondary N) is 1. The fraction of sp³-hybridized carbons (Fsp3) is 0.438. The van der Waals surface area contributed by atoms with Crippen LogP contribution in [-0.4, -0.2) is 11.5 Å². The molecule has 0 saturated heterocycles. The summed E-state index contributed by atoms with van der Waals surface area (Å²) in [5.41, 5.74) is 2.35. The first kappa shape index (κ1) is 16.5. The van der Waals surface area contributed by atoms with Crippen LogP contribution in [0.5, 0.6) is 5.75 Å². The molecule has 1 aromatic heterocycles. The molecule has 0 unspecified atom stereocenters. The number of halogens is 1. The van der Waals surface area contributed by atoms with Gasteiger partial charge in [0, 0.05) is 11.4 Å². The van der Waals surface area contributed by atoms with Crippen molar-refractivity contribution in [2.45, 2.75) is 40.3 Å². The number of hydrogen-bond acceptors (Lipinski definition) is 4. The van der Waals surface area contributed by atoms with Gasteiger partial charge in [0.05, 0.1) is 10.2 Å². The van der Waals surface area contributed by atoms with E-state index in [9.17, 15) is 0 Å². The normalized spacial score (nSPS) is 10.9. The molecule has 21 heavy (non-hydrogen) atoms. The fourth-order valence-electron chi connectivity index (χ4n) is 1.92. The molecule has 2 aromatic rings. The van der Waals surface area contributed by atoms with Gasteiger partial charge in [0.15, 0.2) is 0 Å². The van der Waals surface area contributed by atoms with Crippen molar-refractivity contribution in [3.63, 3.8) is 0 Å². The van der Waals surface area contributed by atoms with Crippen LogP contribution in [0.2, 0.25) is 0 Å². The highest BCUT2D eigenvalue weighted by Crippen LogP contribution is 2.27. The lowest BCUT2D eigenvalue weighted by atomic mass is 10.2. The minimum absolute atomic E-state index is 0.519. The van der Waals surface area contributed by atoms with E-state index < -0.39 is 0 Å². The molecule has 0 saturated carbocycles. The third-order valence-electron chi connectivity index (χ3n) is 3.18. The Morgan fingerprint density at radius 2 is 2.14 bits per heavy atom. The second kappa shape index (κ2) is 7.92. The van der Waals surface area contributed by atoms with Gasteiger partial charge in [-0.25, -0.2) is 4.98 Å². The lowest BCUT2D eigenvalue weighted by Crippen LogP contribution is -2.13. The van der Waals surface area contributed by atoms with Crippen LogP contribution in [0.1, 0.15) is 34.5 Å². The number of thiazole rings is 1. The molecule has 1 aromatic carbocycles. The summed E-state index contributed by atoms with van der Waals surface area (Å²) in [6.07, 6.45) is 1.15. The highest BCUT2D eigenvalue weighted by Gasteiger charge is 2.07. The fourth-order valence-corrected chi connectivity index (χ4v) is 3.31. The van der Waals surface area contributed by atoms with Gasteiger partial charge in [-0.3, -0.25) is 0 Å². The highest BCUT2D eigenvalue weighted by molar-refractivity contribution is 9.10. The largest absolute Gasteiger partial charge is 0.485 e. The van der Waals surface area contributed by atoms with E-state index in [4.69, 9.17) is 4.74 Å². The summed E-state index contributed by atoms with van der Waals surface area (Å²) in [5.74, 6) is 0.861. The van der Waals surface area contributed by atoms with Gasteiger partial charge in [-0.05, 0) is 60.4 Å². The molecular weight excluding hydrogens is 348 g/mol. The summed E-state index contributed by atoms with van der Waals surface area (Å²) >= 11 is 5.27. The molecule has 0 aliphatic carbocycles. The molecule has 0 aliphatic rings. The van der Waals surface area contributed by atoms with Gasteiger partial charge in [-0.2, -0.15) is 0 Å². The van der Waals surface area contributed by atoms with Crippen molar-refractivity contribution >= 4 is 27.3 Å². The topological polar surface area (TPSA) is 34.1 Å². The van der Waals surface area contributed by atoms with Crippen LogP contribution in [0.15, 0.2) is 22.7 Å². The molecule has 0 aliphatic heterocycles. The van der Waals surface area contributed by atoms with E-state index >= 15 is 0 Å². The quantitative estimate of drug-likeness (QED) is 0.725. The van der Waals surface area contributed by atoms with Crippen LogP contribution in [-0.2, 0) is 13.2 Å². The Balaban J connectivity index is 1.94. The van der Waals surface area contributed by atoms with Crippen LogP contribution < -0.4 is 10.1 Å². The Bertz CT molecular complexity index is 578. The Kier molecular flexibility index (Phi) is 6.21. The van der Waals surface area contributed by atoms with Crippen LogP contribution in [0.25, 0.3) is 0 Å². The molecule has 0 amide bonds. The Morgan fingerprint density at radius 1 is 1.33 bits per heavy atom. The predicted molar refractivity (Wildman–Crippen MR) is 92.1 cm³/mol. The van der Waals surface area contributed by atoms with E-state index in [1.165, 1.54) is 10.4 Å². The van der Waals surface area contributed by atoms with Crippen LogP contribution in [0.4, 0.5) is 0 Å². The summed E-state index contributed by atoms with van der Waals surface area (Å²) in [7, 11) is 0. The molecule has 114 valence electrons. The molecule has 0 bridgehead atoms. The Morgan fingerprint density at radius 3 is 2.76 bits per heavy atom. The van der Waals surface area contributed by atoms with E-state index in [1.807, 2.05) is 13.0 Å². The summed E-state index contributed by atoms with van der Waals surface area (Å²) in [6.45, 7) is 8.73. The molecule has 0 radical (unpaired) electrons. The van der Waals surface area contributed by atoms with Crippen molar-refractivity contribution in [1.29, 1.82) is 0 Å². The van der Waals surface area contributed by atoms with Crippen molar-refractivity contribution in [2.75, 3.05) is 6.54 Å². The molecule has 5 heteroatoms. The molecule has 1 heterocycles. The molecule has 3 nitrogen and oxygen atoms in total. The number of aryl methyl sites for hydroxylation is 2. The SMILES string of the molecule is CCCNCc1ccc(OCc2nc(C)c(C)s2)c(Br)c1. The summed E-state index contributed by atoms with van der Waals surface area (Å²) in [4.78, 5) is 5.75. The van der Waals surface area contributed by atoms with Gasteiger partial charge in [-0.1, -0.05) is 13.0 Å². The van der Waals surface area contributed by atoms with Crippen LogP contribution in [0.3, 0.4) is 0 Å². The predicted octanol–water partition coefficient (Wildman–Crippen LogP) is 4.60. The van der Waals surface area contributed by atoms with Gasteiger partial charge >= 0.3 is 0 Å². The van der Waals surface area contributed by atoms with Crippen LogP contribution in [0, 0.1) is 13.8 Å². The first-order chi connectivity index (χ1) is 10.1. The number of hydrogen-bond donors (Lipinski definition) is 1. The number of nitrogens with zero attached hydrogens (tertiary/aromatic N) is 1. The maximum absolute atomic E-state index is 5.85. The average Bonchev–Trinajstić information content (AvgIpc) is 2.77. The zero-order valence-corrected chi connectivity index (χ0v) is 15.1. The van der Waals surface area contributed by atoms with Crippen molar-refractivity contribution < 1.29 is 4.74 Å². The third kappa shape index (κ3) is 4.80. The van der Waals surface area contributed by atoms with Crippen molar-refractivity contribution in [1.82, 2.24) is 10.3 Å². The maximum atomic E-state index is 5.85. The van der Waals surface area contributed by atoms with Gasteiger partial charge in [0.1, 0.15) is 17.4 Å².